The van der Waals surface area contributed by atoms with Crippen molar-refractivity contribution >= 4 is 0 Å². The summed E-state index contributed by atoms with van der Waals surface area (Å²) in [6.45, 7) is 1.47. The van der Waals surface area contributed by atoms with Crippen molar-refractivity contribution in [3.63, 3.8) is 0 Å². The van der Waals surface area contributed by atoms with E-state index < -0.39 is 18.3 Å². The highest BCUT2D eigenvalue weighted by atomic mass is 16.4. The van der Waals surface area contributed by atoms with Crippen LogP contribution < -0.4 is 0 Å². The van der Waals surface area contributed by atoms with Crippen LogP contribution in [-0.2, 0) is 6.54 Å². The molecule has 0 aliphatic carbocycles. The Kier molecular flexibility index (Phi) is 3.56. The lowest BCUT2D eigenvalue weighted by Crippen LogP contribution is -2.54. The zero-order valence-corrected chi connectivity index (χ0v) is 9.03. The van der Waals surface area contributed by atoms with Gasteiger partial charge in [-0.1, -0.05) is 30.3 Å². The number of likely N-dealkylation sites (tertiary alicyclic amines) is 1. The Morgan fingerprint density at radius 2 is 1.56 bits per heavy atom. The third kappa shape index (κ3) is 2.59. The molecule has 0 saturated carbocycles. The highest BCUT2D eigenvalue weighted by Gasteiger charge is 2.33. The topological polar surface area (TPSA) is 63.9 Å². The minimum absolute atomic E-state index is 0.396. The van der Waals surface area contributed by atoms with Crippen molar-refractivity contribution in [2.75, 3.05) is 13.1 Å². The summed E-state index contributed by atoms with van der Waals surface area (Å²) in [5.41, 5.74) is 1.14. The average molecular weight is 223 g/mol. The fourth-order valence-corrected chi connectivity index (χ4v) is 2.05. The Hall–Kier alpha value is -0.940. The molecule has 0 amide bonds. The van der Waals surface area contributed by atoms with Gasteiger partial charge in [0.15, 0.2) is 0 Å². The summed E-state index contributed by atoms with van der Waals surface area (Å²) < 4.78 is 0. The van der Waals surface area contributed by atoms with Gasteiger partial charge < -0.3 is 15.3 Å². The molecule has 3 N–H and O–H groups in total. The minimum Gasteiger partial charge on any atom is -0.389 e. The lowest BCUT2D eigenvalue weighted by atomic mass is 10.0. The van der Waals surface area contributed by atoms with Gasteiger partial charge in [-0.05, 0) is 5.56 Å². The first kappa shape index (κ1) is 11.5. The molecule has 16 heavy (non-hydrogen) atoms. The Morgan fingerprint density at radius 1 is 1.00 bits per heavy atom. The molecule has 0 unspecified atom stereocenters. The van der Waals surface area contributed by atoms with E-state index in [0.717, 1.165) is 5.56 Å². The number of rotatable bonds is 2. The molecule has 4 nitrogen and oxygen atoms in total. The van der Waals surface area contributed by atoms with Crippen LogP contribution in [-0.4, -0.2) is 51.6 Å². The maximum absolute atomic E-state index is 9.54. The molecule has 1 aliphatic heterocycles. The monoisotopic (exact) mass is 223 g/mol. The first-order chi connectivity index (χ1) is 7.66. The molecule has 2 rings (SSSR count). The van der Waals surface area contributed by atoms with Crippen molar-refractivity contribution in [2.45, 2.75) is 24.9 Å². The molecule has 1 fully saturated rings. The molecule has 4 heteroatoms. The van der Waals surface area contributed by atoms with Crippen LogP contribution in [0.5, 0.6) is 0 Å². The van der Waals surface area contributed by atoms with Crippen molar-refractivity contribution in [1.29, 1.82) is 0 Å². The second-order valence-electron chi connectivity index (χ2n) is 4.30. The number of β-amino-alcohol motifs (C(OH)–C–C–N with tert-alkyl or cyclic N) is 2. The Balaban J connectivity index is 1.97. The average Bonchev–Trinajstić information content (AvgIpc) is 2.27. The van der Waals surface area contributed by atoms with E-state index in [9.17, 15) is 15.3 Å². The molecule has 0 bridgehead atoms. The standard InChI is InChI=1S/C12H17NO3/c14-10-7-13(8-11(15)12(10)16)6-9-4-2-1-3-5-9/h1-5,10-12,14-16H,6-8H2/t10-,11+,12+. The first-order valence-electron chi connectivity index (χ1n) is 5.47. The van der Waals surface area contributed by atoms with E-state index in [1.165, 1.54) is 0 Å². The van der Waals surface area contributed by atoms with Gasteiger partial charge in [-0.3, -0.25) is 4.90 Å². The fraction of sp³-hybridized carbons (Fsp3) is 0.500. The van der Waals surface area contributed by atoms with Crippen LogP contribution in [0, 0.1) is 0 Å². The number of aliphatic hydroxyl groups excluding tert-OH is 3. The molecule has 0 spiro atoms. The van der Waals surface area contributed by atoms with Gasteiger partial charge in [0.2, 0.25) is 0 Å². The second-order valence-corrected chi connectivity index (χ2v) is 4.30. The van der Waals surface area contributed by atoms with Gasteiger partial charge in [-0.25, -0.2) is 0 Å². The summed E-state index contributed by atoms with van der Waals surface area (Å²) >= 11 is 0. The summed E-state index contributed by atoms with van der Waals surface area (Å²) in [5, 5.41) is 28.5. The van der Waals surface area contributed by atoms with Crippen molar-refractivity contribution in [2.24, 2.45) is 0 Å². The van der Waals surface area contributed by atoms with Gasteiger partial charge in [0.25, 0.3) is 0 Å². The third-order valence-electron chi connectivity index (χ3n) is 2.93. The quantitative estimate of drug-likeness (QED) is 0.637. The van der Waals surface area contributed by atoms with Gasteiger partial charge >= 0.3 is 0 Å². The molecule has 1 saturated heterocycles. The van der Waals surface area contributed by atoms with Crippen LogP contribution in [0.15, 0.2) is 30.3 Å². The molecule has 3 atom stereocenters. The number of aliphatic hydroxyl groups is 3. The first-order valence-corrected chi connectivity index (χ1v) is 5.47. The fourth-order valence-electron chi connectivity index (χ4n) is 2.05. The van der Waals surface area contributed by atoms with Crippen molar-refractivity contribution in [3.8, 4) is 0 Å². The van der Waals surface area contributed by atoms with Gasteiger partial charge in [-0.15, -0.1) is 0 Å². The van der Waals surface area contributed by atoms with Crippen LogP contribution in [0.25, 0.3) is 0 Å². The lowest BCUT2D eigenvalue weighted by Gasteiger charge is -2.36. The Morgan fingerprint density at radius 3 is 2.12 bits per heavy atom. The summed E-state index contributed by atoms with van der Waals surface area (Å²) in [6, 6.07) is 9.88. The number of hydrogen-bond donors (Lipinski definition) is 3. The van der Waals surface area contributed by atoms with E-state index in [-0.39, 0.29) is 0 Å². The predicted octanol–water partition coefficient (Wildman–Crippen LogP) is -0.415. The van der Waals surface area contributed by atoms with E-state index in [1.54, 1.807) is 0 Å². The van der Waals surface area contributed by atoms with Crippen LogP contribution in [0.2, 0.25) is 0 Å². The van der Waals surface area contributed by atoms with Crippen molar-refractivity contribution < 1.29 is 15.3 Å². The summed E-state index contributed by atoms with van der Waals surface area (Å²) in [6.07, 6.45) is -2.76. The van der Waals surface area contributed by atoms with Crippen LogP contribution >= 0.6 is 0 Å². The van der Waals surface area contributed by atoms with Crippen LogP contribution in [0.4, 0.5) is 0 Å². The van der Waals surface area contributed by atoms with Crippen LogP contribution in [0.3, 0.4) is 0 Å². The molecule has 88 valence electrons. The molecule has 0 radical (unpaired) electrons. The van der Waals surface area contributed by atoms with E-state index in [1.807, 2.05) is 35.2 Å². The third-order valence-corrected chi connectivity index (χ3v) is 2.93. The summed E-state index contributed by atoms with van der Waals surface area (Å²) in [4.78, 5) is 1.94. The van der Waals surface area contributed by atoms with Crippen molar-refractivity contribution in [3.05, 3.63) is 35.9 Å². The van der Waals surface area contributed by atoms with Gasteiger partial charge in [0, 0.05) is 19.6 Å². The zero-order chi connectivity index (χ0) is 11.5. The smallest absolute Gasteiger partial charge is 0.108 e. The Bertz CT molecular complexity index is 318. The molecule has 1 aliphatic rings. The lowest BCUT2D eigenvalue weighted by molar-refractivity contribution is -0.111. The SMILES string of the molecule is O[C@H]1[C@H](O)CN(Cc2ccccc2)C[C@@H]1O. The van der Waals surface area contributed by atoms with Crippen LogP contribution in [0.1, 0.15) is 5.56 Å². The van der Waals surface area contributed by atoms with E-state index in [4.69, 9.17) is 0 Å². The van der Waals surface area contributed by atoms with Gasteiger partial charge in [0.1, 0.15) is 6.10 Å². The minimum atomic E-state index is -1.02. The number of nitrogens with zero attached hydrogens (tertiary/aromatic N) is 1. The molecule has 0 aromatic heterocycles. The number of piperidine rings is 1. The largest absolute Gasteiger partial charge is 0.389 e. The molecule has 1 aromatic rings. The highest BCUT2D eigenvalue weighted by Crippen LogP contribution is 2.14. The molecular formula is C12H17NO3. The maximum Gasteiger partial charge on any atom is 0.108 e. The maximum atomic E-state index is 9.54. The van der Waals surface area contributed by atoms with Crippen molar-refractivity contribution in [1.82, 2.24) is 4.90 Å². The van der Waals surface area contributed by atoms with E-state index in [0.29, 0.717) is 19.6 Å². The zero-order valence-electron chi connectivity index (χ0n) is 9.03. The number of benzene rings is 1. The van der Waals surface area contributed by atoms with Gasteiger partial charge in [-0.2, -0.15) is 0 Å². The van der Waals surface area contributed by atoms with E-state index >= 15 is 0 Å². The van der Waals surface area contributed by atoms with E-state index in [2.05, 4.69) is 0 Å². The Labute approximate surface area is 94.8 Å². The highest BCUT2D eigenvalue weighted by molar-refractivity contribution is 5.14. The summed E-state index contributed by atoms with van der Waals surface area (Å²) in [5.74, 6) is 0. The second kappa shape index (κ2) is 4.93. The molecule has 1 heterocycles. The molecule has 1 aromatic carbocycles. The summed E-state index contributed by atoms with van der Waals surface area (Å²) in [7, 11) is 0. The molecular weight excluding hydrogens is 206 g/mol. The van der Waals surface area contributed by atoms with Gasteiger partial charge in [0.05, 0.1) is 12.2 Å². The number of hydrogen-bond acceptors (Lipinski definition) is 4. The predicted molar refractivity (Wildman–Crippen MR) is 59.7 cm³/mol. The normalized spacial score (nSPS) is 31.6.